The summed E-state index contributed by atoms with van der Waals surface area (Å²) in [7, 11) is 0. The topological polar surface area (TPSA) is 61.4 Å². The lowest BCUT2D eigenvalue weighted by Crippen LogP contribution is -2.30. The molecule has 2 amide bonds. The van der Waals surface area contributed by atoms with Gasteiger partial charge >= 0.3 is 6.03 Å². The molecule has 0 bridgehead atoms. The fourth-order valence-corrected chi connectivity index (χ4v) is 2.05. The summed E-state index contributed by atoms with van der Waals surface area (Å²) in [6.07, 6.45) is 0.690. The number of carbonyl (C=O) groups is 1. The molecule has 0 aliphatic carbocycles. The molecule has 0 spiro atoms. The summed E-state index contributed by atoms with van der Waals surface area (Å²) in [5, 5.41) is 15.2. The summed E-state index contributed by atoms with van der Waals surface area (Å²) in [6.45, 7) is 2.43. The quantitative estimate of drug-likeness (QED) is 0.806. The van der Waals surface area contributed by atoms with E-state index in [0.29, 0.717) is 23.7 Å². The number of aromatic hydroxyl groups is 1. The van der Waals surface area contributed by atoms with E-state index in [1.54, 1.807) is 18.2 Å². The fourth-order valence-electron chi connectivity index (χ4n) is 1.88. The third-order valence-electron chi connectivity index (χ3n) is 3.01. The first-order valence-corrected chi connectivity index (χ1v) is 7.01. The van der Waals surface area contributed by atoms with Gasteiger partial charge in [-0.15, -0.1) is 0 Å². The number of halogens is 1. The third-order valence-corrected chi connectivity index (χ3v) is 3.34. The lowest BCUT2D eigenvalue weighted by molar-refractivity contribution is 0.252. The van der Waals surface area contributed by atoms with Crippen LogP contribution >= 0.6 is 11.6 Å². The van der Waals surface area contributed by atoms with Crippen molar-refractivity contribution in [1.29, 1.82) is 0 Å². The van der Waals surface area contributed by atoms with Gasteiger partial charge < -0.3 is 15.7 Å². The molecule has 2 aromatic carbocycles. The molecule has 3 N–H and O–H groups in total. The second-order valence-corrected chi connectivity index (χ2v) is 5.19. The predicted molar refractivity (Wildman–Crippen MR) is 85.0 cm³/mol. The van der Waals surface area contributed by atoms with Crippen LogP contribution in [0.15, 0.2) is 42.5 Å². The Morgan fingerprint density at radius 2 is 1.90 bits per heavy atom. The van der Waals surface area contributed by atoms with E-state index in [9.17, 15) is 9.90 Å². The summed E-state index contributed by atoms with van der Waals surface area (Å²) >= 11 is 6.02. The Balaban J connectivity index is 1.82. The molecule has 21 heavy (non-hydrogen) atoms. The first kappa shape index (κ1) is 15.2. The number of carbonyl (C=O) groups excluding carboxylic acids is 1. The number of phenols is 1. The van der Waals surface area contributed by atoms with E-state index in [0.717, 1.165) is 11.1 Å². The minimum absolute atomic E-state index is 0.235. The zero-order chi connectivity index (χ0) is 15.2. The van der Waals surface area contributed by atoms with E-state index in [1.165, 1.54) is 0 Å². The van der Waals surface area contributed by atoms with Crippen LogP contribution in [0.4, 0.5) is 10.5 Å². The molecule has 0 aliphatic heterocycles. The van der Waals surface area contributed by atoms with E-state index >= 15 is 0 Å². The molecule has 2 rings (SSSR count). The van der Waals surface area contributed by atoms with E-state index < -0.39 is 0 Å². The Morgan fingerprint density at radius 3 is 2.62 bits per heavy atom. The number of anilines is 1. The van der Waals surface area contributed by atoms with Gasteiger partial charge in [0.1, 0.15) is 5.75 Å². The zero-order valence-corrected chi connectivity index (χ0v) is 12.4. The number of hydrogen-bond acceptors (Lipinski definition) is 2. The minimum atomic E-state index is -0.290. The number of rotatable bonds is 4. The highest BCUT2D eigenvalue weighted by molar-refractivity contribution is 6.33. The van der Waals surface area contributed by atoms with Crippen molar-refractivity contribution in [1.82, 2.24) is 5.32 Å². The van der Waals surface area contributed by atoms with Gasteiger partial charge in [0.25, 0.3) is 0 Å². The van der Waals surface area contributed by atoms with Crippen LogP contribution in [-0.4, -0.2) is 17.7 Å². The highest BCUT2D eigenvalue weighted by Gasteiger charge is 2.05. The number of nitrogens with one attached hydrogen (secondary N) is 2. The normalized spacial score (nSPS) is 10.2. The summed E-state index contributed by atoms with van der Waals surface area (Å²) in [6, 6.07) is 12.1. The second-order valence-electron chi connectivity index (χ2n) is 4.78. The van der Waals surface area contributed by atoms with Crippen LogP contribution in [0.25, 0.3) is 0 Å². The van der Waals surface area contributed by atoms with Gasteiger partial charge in [-0.25, -0.2) is 4.79 Å². The highest BCUT2D eigenvalue weighted by atomic mass is 35.5. The molecule has 5 heteroatoms. The van der Waals surface area contributed by atoms with Gasteiger partial charge in [0.2, 0.25) is 0 Å². The first-order valence-electron chi connectivity index (χ1n) is 6.63. The smallest absolute Gasteiger partial charge is 0.319 e. The van der Waals surface area contributed by atoms with Crippen LogP contribution in [0, 0.1) is 6.92 Å². The number of amides is 2. The zero-order valence-electron chi connectivity index (χ0n) is 11.7. The molecule has 110 valence electrons. The molecule has 0 radical (unpaired) electrons. The first-order chi connectivity index (χ1) is 10.0. The Bertz CT molecular complexity index is 627. The lowest BCUT2D eigenvalue weighted by Gasteiger charge is -2.10. The molecule has 0 fully saturated rings. The standard InChI is InChI=1S/C16H17ClN2O2/c1-11-2-7-14(17)15(10-11)19-16(21)18-9-8-12-3-5-13(20)6-4-12/h2-7,10,20H,8-9H2,1H3,(H2,18,19,21). The van der Waals surface area contributed by atoms with Crippen molar-refractivity contribution in [2.45, 2.75) is 13.3 Å². The maximum Gasteiger partial charge on any atom is 0.319 e. The molecule has 0 unspecified atom stereocenters. The van der Waals surface area contributed by atoms with E-state index in [-0.39, 0.29) is 11.8 Å². The average molecular weight is 305 g/mol. The Labute approximate surface area is 128 Å². The predicted octanol–water partition coefficient (Wildman–Crippen LogP) is 3.72. The van der Waals surface area contributed by atoms with Crippen LogP contribution in [-0.2, 0) is 6.42 Å². The maximum atomic E-state index is 11.8. The van der Waals surface area contributed by atoms with E-state index in [4.69, 9.17) is 11.6 Å². The summed E-state index contributed by atoms with van der Waals surface area (Å²) < 4.78 is 0. The molecule has 0 heterocycles. The molecule has 0 aromatic heterocycles. The van der Waals surface area contributed by atoms with Crippen molar-refractivity contribution in [2.24, 2.45) is 0 Å². The van der Waals surface area contributed by atoms with Crippen LogP contribution in [0.2, 0.25) is 5.02 Å². The molecule has 2 aromatic rings. The van der Waals surface area contributed by atoms with Gasteiger partial charge in [-0.2, -0.15) is 0 Å². The van der Waals surface area contributed by atoms with Gasteiger partial charge in [-0.1, -0.05) is 29.8 Å². The highest BCUT2D eigenvalue weighted by Crippen LogP contribution is 2.22. The summed E-state index contributed by atoms with van der Waals surface area (Å²) in [4.78, 5) is 11.8. The maximum absolute atomic E-state index is 11.8. The minimum Gasteiger partial charge on any atom is -0.508 e. The van der Waals surface area contributed by atoms with Gasteiger partial charge in [-0.05, 0) is 48.7 Å². The Hall–Kier alpha value is -2.20. The average Bonchev–Trinajstić information content (AvgIpc) is 2.45. The van der Waals surface area contributed by atoms with E-state index in [2.05, 4.69) is 10.6 Å². The lowest BCUT2D eigenvalue weighted by atomic mass is 10.1. The van der Waals surface area contributed by atoms with Crippen molar-refractivity contribution in [3.63, 3.8) is 0 Å². The second kappa shape index (κ2) is 6.99. The number of urea groups is 1. The van der Waals surface area contributed by atoms with Crippen LogP contribution in [0.3, 0.4) is 0 Å². The number of phenolic OH excluding ortho intramolecular Hbond substituents is 1. The van der Waals surface area contributed by atoms with Crippen molar-refractivity contribution >= 4 is 23.3 Å². The molecule has 4 nitrogen and oxygen atoms in total. The molecular weight excluding hydrogens is 288 g/mol. The van der Waals surface area contributed by atoms with Crippen molar-refractivity contribution in [2.75, 3.05) is 11.9 Å². The Kier molecular flexibility index (Phi) is 5.06. The fraction of sp³-hybridized carbons (Fsp3) is 0.188. The van der Waals surface area contributed by atoms with Crippen LogP contribution < -0.4 is 10.6 Å². The largest absolute Gasteiger partial charge is 0.508 e. The van der Waals surface area contributed by atoms with Gasteiger partial charge in [0.05, 0.1) is 10.7 Å². The van der Waals surface area contributed by atoms with Crippen molar-refractivity contribution < 1.29 is 9.90 Å². The van der Waals surface area contributed by atoms with Crippen molar-refractivity contribution in [3.05, 3.63) is 58.6 Å². The number of hydrogen-bond donors (Lipinski definition) is 3. The summed E-state index contributed by atoms with van der Waals surface area (Å²) in [5.74, 6) is 0.235. The molecular formula is C16H17ClN2O2. The number of aryl methyl sites for hydroxylation is 1. The summed E-state index contributed by atoms with van der Waals surface area (Å²) in [5.41, 5.74) is 2.67. The third kappa shape index (κ3) is 4.68. The van der Waals surface area contributed by atoms with E-state index in [1.807, 2.05) is 31.2 Å². The molecule has 0 aliphatic rings. The van der Waals surface area contributed by atoms with Crippen LogP contribution in [0.1, 0.15) is 11.1 Å². The number of benzene rings is 2. The van der Waals surface area contributed by atoms with Gasteiger partial charge in [0.15, 0.2) is 0 Å². The van der Waals surface area contributed by atoms with Crippen LogP contribution in [0.5, 0.6) is 5.75 Å². The van der Waals surface area contributed by atoms with Crippen molar-refractivity contribution in [3.8, 4) is 5.75 Å². The van der Waals surface area contributed by atoms with Gasteiger partial charge in [0, 0.05) is 6.54 Å². The SMILES string of the molecule is Cc1ccc(Cl)c(NC(=O)NCCc2ccc(O)cc2)c1. The molecule has 0 atom stereocenters. The molecule has 0 saturated carbocycles. The molecule has 0 saturated heterocycles. The Morgan fingerprint density at radius 1 is 1.19 bits per heavy atom. The monoisotopic (exact) mass is 304 g/mol. The van der Waals surface area contributed by atoms with Gasteiger partial charge in [-0.3, -0.25) is 0 Å².